The maximum Gasteiger partial charge on any atom is 0.246 e. The standard InChI is InChI=1S/C16H32N2O2/c1-5-14-6-8-16(11-17,9-7-14)20-10-15(19)18-13(4)12(2)3/h12-14H,5-11,17H2,1-4H3,(H,18,19). The summed E-state index contributed by atoms with van der Waals surface area (Å²) in [5, 5.41) is 2.98. The Kier molecular flexibility index (Phi) is 6.96. The minimum atomic E-state index is -0.274. The van der Waals surface area contributed by atoms with Crippen molar-refractivity contribution in [3.05, 3.63) is 0 Å². The smallest absolute Gasteiger partial charge is 0.246 e. The summed E-state index contributed by atoms with van der Waals surface area (Å²) in [6.07, 6.45) is 5.52. The number of nitrogens with two attached hydrogens (primary N) is 1. The van der Waals surface area contributed by atoms with Gasteiger partial charge in [-0.15, -0.1) is 0 Å². The van der Waals surface area contributed by atoms with Gasteiger partial charge in [-0.1, -0.05) is 27.2 Å². The summed E-state index contributed by atoms with van der Waals surface area (Å²) in [5.41, 5.74) is 5.63. The average Bonchev–Trinajstić information content (AvgIpc) is 2.45. The molecule has 4 nitrogen and oxygen atoms in total. The predicted octanol–water partition coefficient (Wildman–Crippen LogP) is 2.46. The lowest BCUT2D eigenvalue weighted by Crippen LogP contribution is -2.47. The van der Waals surface area contributed by atoms with Crippen LogP contribution in [-0.4, -0.2) is 30.7 Å². The van der Waals surface area contributed by atoms with Gasteiger partial charge >= 0.3 is 0 Å². The Balaban J connectivity index is 2.40. The molecule has 0 heterocycles. The Labute approximate surface area is 123 Å². The fourth-order valence-electron chi connectivity index (χ4n) is 2.70. The zero-order chi connectivity index (χ0) is 15.2. The number of hydrogen-bond acceptors (Lipinski definition) is 3. The van der Waals surface area contributed by atoms with E-state index in [1.54, 1.807) is 0 Å². The first-order chi connectivity index (χ1) is 9.42. The van der Waals surface area contributed by atoms with Gasteiger partial charge in [-0.3, -0.25) is 4.79 Å². The normalized spacial score (nSPS) is 28.4. The third-order valence-electron chi connectivity index (χ3n) is 4.86. The minimum absolute atomic E-state index is 0.0309. The zero-order valence-corrected chi connectivity index (χ0v) is 13.6. The Bertz CT molecular complexity index is 297. The molecular weight excluding hydrogens is 252 g/mol. The van der Waals surface area contributed by atoms with Crippen LogP contribution in [0.5, 0.6) is 0 Å². The van der Waals surface area contributed by atoms with Gasteiger partial charge in [-0.05, 0) is 44.4 Å². The molecule has 1 amide bonds. The van der Waals surface area contributed by atoms with E-state index in [-0.39, 0.29) is 24.2 Å². The molecule has 0 aliphatic heterocycles. The Morgan fingerprint density at radius 1 is 1.35 bits per heavy atom. The topological polar surface area (TPSA) is 64.3 Å². The molecule has 20 heavy (non-hydrogen) atoms. The average molecular weight is 284 g/mol. The molecule has 0 saturated heterocycles. The van der Waals surface area contributed by atoms with Gasteiger partial charge in [0.25, 0.3) is 0 Å². The highest BCUT2D eigenvalue weighted by Crippen LogP contribution is 2.35. The molecule has 1 aliphatic rings. The maximum absolute atomic E-state index is 11.9. The summed E-state index contributed by atoms with van der Waals surface area (Å²) in [5.74, 6) is 1.20. The van der Waals surface area contributed by atoms with E-state index < -0.39 is 0 Å². The number of ether oxygens (including phenoxy) is 1. The van der Waals surface area contributed by atoms with E-state index in [0.717, 1.165) is 31.6 Å². The molecule has 1 rings (SSSR count). The van der Waals surface area contributed by atoms with Gasteiger partial charge in [0.15, 0.2) is 0 Å². The summed E-state index contributed by atoms with van der Waals surface area (Å²) in [4.78, 5) is 11.9. The highest BCUT2D eigenvalue weighted by atomic mass is 16.5. The second-order valence-electron chi connectivity index (χ2n) is 6.63. The second-order valence-corrected chi connectivity index (χ2v) is 6.63. The van der Waals surface area contributed by atoms with Crippen LogP contribution in [-0.2, 0) is 9.53 Å². The van der Waals surface area contributed by atoms with Crippen LogP contribution in [0.3, 0.4) is 0 Å². The monoisotopic (exact) mass is 284 g/mol. The second kappa shape index (κ2) is 7.99. The van der Waals surface area contributed by atoms with E-state index in [9.17, 15) is 4.79 Å². The van der Waals surface area contributed by atoms with Gasteiger partial charge in [-0.25, -0.2) is 0 Å². The fourth-order valence-corrected chi connectivity index (χ4v) is 2.70. The SMILES string of the molecule is CCC1CCC(CN)(OCC(=O)NC(C)C(C)C)CC1. The Morgan fingerprint density at radius 3 is 2.40 bits per heavy atom. The quantitative estimate of drug-likeness (QED) is 0.755. The molecule has 1 unspecified atom stereocenters. The minimum Gasteiger partial charge on any atom is -0.364 e. The lowest BCUT2D eigenvalue weighted by molar-refractivity contribution is -0.137. The lowest BCUT2D eigenvalue weighted by Gasteiger charge is -2.39. The van der Waals surface area contributed by atoms with E-state index in [2.05, 4.69) is 26.1 Å². The first-order valence-electron chi connectivity index (χ1n) is 8.06. The molecule has 0 aromatic carbocycles. The number of carbonyl (C=O) groups excluding carboxylic acids is 1. The van der Waals surface area contributed by atoms with Crippen LogP contribution >= 0.6 is 0 Å². The maximum atomic E-state index is 11.9. The first-order valence-corrected chi connectivity index (χ1v) is 8.06. The van der Waals surface area contributed by atoms with Gasteiger partial charge in [0.2, 0.25) is 5.91 Å². The molecule has 1 aliphatic carbocycles. The summed E-state index contributed by atoms with van der Waals surface area (Å²) >= 11 is 0. The molecule has 0 spiro atoms. The highest BCUT2D eigenvalue weighted by molar-refractivity contribution is 5.77. The molecular formula is C16H32N2O2. The third-order valence-corrected chi connectivity index (χ3v) is 4.86. The van der Waals surface area contributed by atoms with Gasteiger partial charge in [0.05, 0.1) is 5.60 Å². The van der Waals surface area contributed by atoms with Crippen molar-refractivity contribution in [1.29, 1.82) is 0 Å². The highest BCUT2D eigenvalue weighted by Gasteiger charge is 2.35. The van der Waals surface area contributed by atoms with Gasteiger partial charge < -0.3 is 15.8 Å². The van der Waals surface area contributed by atoms with Crippen LogP contribution in [0.15, 0.2) is 0 Å². The molecule has 0 radical (unpaired) electrons. The molecule has 0 bridgehead atoms. The number of nitrogens with one attached hydrogen (secondary N) is 1. The van der Waals surface area contributed by atoms with Crippen LogP contribution in [0.4, 0.5) is 0 Å². The number of amides is 1. The molecule has 1 atom stereocenters. The fraction of sp³-hybridized carbons (Fsp3) is 0.938. The molecule has 1 fully saturated rings. The zero-order valence-electron chi connectivity index (χ0n) is 13.6. The molecule has 0 aromatic heterocycles. The molecule has 118 valence electrons. The molecule has 3 N–H and O–H groups in total. The van der Waals surface area contributed by atoms with Crippen molar-refractivity contribution in [2.75, 3.05) is 13.2 Å². The Hall–Kier alpha value is -0.610. The first kappa shape index (κ1) is 17.4. The van der Waals surface area contributed by atoms with Crippen molar-refractivity contribution in [3.8, 4) is 0 Å². The van der Waals surface area contributed by atoms with Crippen molar-refractivity contribution < 1.29 is 9.53 Å². The van der Waals surface area contributed by atoms with Crippen LogP contribution < -0.4 is 11.1 Å². The largest absolute Gasteiger partial charge is 0.364 e. The van der Waals surface area contributed by atoms with Crippen molar-refractivity contribution in [1.82, 2.24) is 5.32 Å². The van der Waals surface area contributed by atoms with Crippen LogP contribution in [0.2, 0.25) is 0 Å². The molecule has 1 saturated carbocycles. The van der Waals surface area contributed by atoms with Crippen LogP contribution in [0, 0.1) is 11.8 Å². The lowest BCUT2D eigenvalue weighted by atomic mass is 9.77. The third kappa shape index (κ3) is 5.06. The van der Waals surface area contributed by atoms with E-state index in [4.69, 9.17) is 10.5 Å². The Morgan fingerprint density at radius 2 is 1.95 bits per heavy atom. The van der Waals surface area contributed by atoms with Crippen LogP contribution in [0.1, 0.15) is 59.8 Å². The molecule has 4 heteroatoms. The number of carbonyl (C=O) groups is 1. The summed E-state index contributed by atoms with van der Waals surface area (Å²) in [7, 11) is 0. The predicted molar refractivity (Wildman–Crippen MR) is 82.4 cm³/mol. The number of hydrogen-bond donors (Lipinski definition) is 2. The van der Waals surface area contributed by atoms with Crippen LogP contribution in [0.25, 0.3) is 0 Å². The van der Waals surface area contributed by atoms with Crippen molar-refractivity contribution in [3.63, 3.8) is 0 Å². The van der Waals surface area contributed by atoms with Crippen molar-refractivity contribution in [2.45, 2.75) is 71.4 Å². The van der Waals surface area contributed by atoms with Crippen molar-refractivity contribution in [2.24, 2.45) is 17.6 Å². The summed E-state index contributed by atoms with van der Waals surface area (Å²) < 4.78 is 5.92. The van der Waals surface area contributed by atoms with E-state index in [1.165, 1.54) is 6.42 Å². The van der Waals surface area contributed by atoms with Gasteiger partial charge in [-0.2, -0.15) is 0 Å². The van der Waals surface area contributed by atoms with Gasteiger partial charge in [0, 0.05) is 12.6 Å². The summed E-state index contributed by atoms with van der Waals surface area (Å²) in [6, 6.07) is 0.177. The summed E-state index contributed by atoms with van der Waals surface area (Å²) in [6.45, 7) is 9.09. The van der Waals surface area contributed by atoms with E-state index in [1.807, 2.05) is 6.92 Å². The van der Waals surface area contributed by atoms with Gasteiger partial charge in [0.1, 0.15) is 6.61 Å². The van der Waals surface area contributed by atoms with E-state index in [0.29, 0.717) is 12.5 Å². The number of rotatable bonds is 7. The van der Waals surface area contributed by atoms with Crippen molar-refractivity contribution >= 4 is 5.91 Å². The molecule has 0 aromatic rings. The van der Waals surface area contributed by atoms with E-state index >= 15 is 0 Å².